The molecule has 1 amide bonds. The van der Waals surface area contributed by atoms with Crippen molar-refractivity contribution in [2.45, 2.75) is 38.5 Å². The summed E-state index contributed by atoms with van der Waals surface area (Å²) in [5.41, 5.74) is 1.03. The van der Waals surface area contributed by atoms with Crippen LogP contribution in [0.15, 0.2) is 24.3 Å². The molecule has 0 aliphatic carbocycles. The zero-order chi connectivity index (χ0) is 19.6. The molecule has 148 valence electrons. The molecule has 8 nitrogen and oxygen atoms in total. The van der Waals surface area contributed by atoms with Crippen molar-refractivity contribution < 1.29 is 19.2 Å². The van der Waals surface area contributed by atoms with Crippen LogP contribution < -0.4 is 4.90 Å². The number of nitro groups is 1. The molecule has 1 aromatic carbocycles. The van der Waals surface area contributed by atoms with Crippen LogP contribution in [0.5, 0.6) is 0 Å². The van der Waals surface area contributed by atoms with Crippen LogP contribution in [0.1, 0.15) is 38.5 Å². The van der Waals surface area contributed by atoms with Gasteiger partial charge in [0, 0.05) is 56.8 Å². The molecule has 1 aromatic rings. The molecule has 1 aliphatic rings. The molecule has 0 saturated carbocycles. The Kier molecular flexibility index (Phi) is 8.03. The van der Waals surface area contributed by atoms with E-state index in [1.165, 1.54) is 19.2 Å². The first-order valence-electron chi connectivity index (χ1n) is 9.35. The minimum atomic E-state index is -0.407. The second-order valence-electron chi connectivity index (χ2n) is 6.63. The Morgan fingerprint density at radius 1 is 1.00 bits per heavy atom. The fraction of sp³-hybridized carbons (Fsp3) is 0.579. The van der Waals surface area contributed by atoms with Crippen molar-refractivity contribution in [3.05, 3.63) is 34.4 Å². The summed E-state index contributed by atoms with van der Waals surface area (Å²) in [4.78, 5) is 37.7. The van der Waals surface area contributed by atoms with E-state index in [2.05, 4.69) is 9.64 Å². The number of benzene rings is 1. The third-order valence-electron chi connectivity index (χ3n) is 4.81. The minimum Gasteiger partial charge on any atom is -0.469 e. The first-order valence-corrected chi connectivity index (χ1v) is 9.35. The molecule has 27 heavy (non-hydrogen) atoms. The van der Waals surface area contributed by atoms with E-state index >= 15 is 0 Å². The fourth-order valence-corrected chi connectivity index (χ4v) is 3.16. The predicted octanol–water partition coefficient (Wildman–Crippen LogP) is 2.76. The van der Waals surface area contributed by atoms with Crippen molar-refractivity contribution in [2.75, 3.05) is 38.2 Å². The molecular formula is C19H27N3O5. The quantitative estimate of drug-likeness (QED) is 0.284. The number of methoxy groups -OCH3 is 1. The van der Waals surface area contributed by atoms with Crippen LogP contribution in [0, 0.1) is 10.1 Å². The summed E-state index contributed by atoms with van der Waals surface area (Å²) in [5, 5.41) is 10.7. The Bertz CT molecular complexity index is 639. The van der Waals surface area contributed by atoms with Gasteiger partial charge in [-0.3, -0.25) is 19.7 Å². The number of rotatable bonds is 9. The largest absolute Gasteiger partial charge is 0.469 e. The summed E-state index contributed by atoms with van der Waals surface area (Å²) in [7, 11) is 1.39. The van der Waals surface area contributed by atoms with Gasteiger partial charge in [-0.25, -0.2) is 0 Å². The van der Waals surface area contributed by atoms with E-state index in [0.29, 0.717) is 25.9 Å². The molecule has 0 bridgehead atoms. The van der Waals surface area contributed by atoms with Gasteiger partial charge in [-0.05, 0) is 25.0 Å². The Labute approximate surface area is 159 Å². The highest BCUT2D eigenvalue weighted by Crippen LogP contribution is 2.21. The third-order valence-corrected chi connectivity index (χ3v) is 4.81. The van der Waals surface area contributed by atoms with Gasteiger partial charge >= 0.3 is 5.97 Å². The van der Waals surface area contributed by atoms with Gasteiger partial charge in [-0.15, -0.1) is 0 Å². The summed E-state index contributed by atoms with van der Waals surface area (Å²) in [6.07, 6.45) is 4.48. The van der Waals surface area contributed by atoms with E-state index in [0.717, 1.165) is 44.5 Å². The van der Waals surface area contributed by atoms with Crippen LogP contribution in [-0.4, -0.2) is 55.0 Å². The van der Waals surface area contributed by atoms with Crippen molar-refractivity contribution in [3.63, 3.8) is 0 Å². The highest BCUT2D eigenvalue weighted by atomic mass is 16.6. The minimum absolute atomic E-state index is 0.0825. The number of hydrogen-bond donors (Lipinski definition) is 0. The van der Waals surface area contributed by atoms with Crippen LogP contribution in [-0.2, 0) is 14.3 Å². The van der Waals surface area contributed by atoms with E-state index in [1.807, 2.05) is 4.90 Å². The summed E-state index contributed by atoms with van der Waals surface area (Å²) < 4.78 is 4.60. The van der Waals surface area contributed by atoms with Gasteiger partial charge in [0.25, 0.3) is 5.69 Å². The lowest BCUT2D eigenvalue weighted by atomic mass is 10.1. The average Bonchev–Trinajstić information content (AvgIpc) is 2.70. The number of ether oxygens (including phenoxy) is 1. The average molecular weight is 377 g/mol. The van der Waals surface area contributed by atoms with Crippen molar-refractivity contribution in [1.82, 2.24) is 4.90 Å². The number of non-ortho nitro benzene ring substituents is 1. The van der Waals surface area contributed by atoms with Gasteiger partial charge in [0.1, 0.15) is 0 Å². The maximum absolute atomic E-state index is 12.3. The molecule has 0 N–H and O–H groups in total. The fourth-order valence-electron chi connectivity index (χ4n) is 3.16. The Morgan fingerprint density at radius 2 is 1.59 bits per heavy atom. The maximum Gasteiger partial charge on any atom is 0.305 e. The molecule has 0 atom stereocenters. The normalized spacial score (nSPS) is 14.1. The standard InChI is InChI=1S/C19H27N3O5/c1-27-19(24)7-5-3-2-4-6-18(23)21-14-12-20(13-15-21)16-8-10-17(11-9-16)22(25)26/h8-11H,2-7,12-15H2,1H3. The first-order chi connectivity index (χ1) is 13.0. The van der Waals surface area contributed by atoms with Gasteiger partial charge in [0.15, 0.2) is 0 Å². The Morgan fingerprint density at radius 3 is 2.15 bits per heavy atom. The lowest BCUT2D eigenvalue weighted by molar-refractivity contribution is -0.384. The smallest absolute Gasteiger partial charge is 0.305 e. The monoisotopic (exact) mass is 377 g/mol. The zero-order valence-corrected chi connectivity index (χ0v) is 15.8. The van der Waals surface area contributed by atoms with Gasteiger partial charge in [0.2, 0.25) is 5.91 Å². The highest BCUT2D eigenvalue weighted by Gasteiger charge is 2.21. The highest BCUT2D eigenvalue weighted by molar-refractivity contribution is 5.76. The first kappa shape index (κ1) is 20.7. The van der Waals surface area contributed by atoms with Crippen molar-refractivity contribution in [2.24, 2.45) is 0 Å². The van der Waals surface area contributed by atoms with E-state index in [-0.39, 0.29) is 17.6 Å². The molecule has 0 aromatic heterocycles. The van der Waals surface area contributed by atoms with Crippen LogP contribution in [0.2, 0.25) is 0 Å². The molecule has 1 heterocycles. The van der Waals surface area contributed by atoms with Crippen molar-refractivity contribution >= 4 is 23.3 Å². The maximum atomic E-state index is 12.3. The van der Waals surface area contributed by atoms with E-state index in [9.17, 15) is 19.7 Å². The van der Waals surface area contributed by atoms with Gasteiger partial charge in [-0.2, -0.15) is 0 Å². The number of anilines is 1. The molecule has 0 radical (unpaired) electrons. The molecule has 2 rings (SSSR count). The summed E-state index contributed by atoms with van der Waals surface area (Å²) in [6.45, 7) is 2.78. The van der Waals surface area contributed by atoms with Gasteiger partial charge in [-0.1, -0.05) is 12.8 Å². The molecule has 8 heteroatoms. The van der Waals surface area contributed by atoms with Crippen molar-refractivity contribution in [3.8, 4) is 0 Å². The number of unbranched alkanes of at least 4 members (excludes halogenated alkanes) is 3. The number of carbonyl (C=O) groups is 2. The second-order valence-corrected chi connectivity index (χ2v) is 6.63. The second kappa shape index (κ2) is 10.5. The lowest BCUT2D eigenvalue weighted by Gasteiger charge is -2.36. The molecule has 0 spiro atoms. The van der Waals surface area contributed by atoms with E-state index in [4.69, 9.17) is 0 Å². The summed E-state index contributed by atoms with van der Waals surface area (Å²) in [6, 6.07) is 6.52. The van der Waals surface area contributed by atoms with Gasteiger partial charge < -0.3 is 14.5 Å². The number of hydrogen-bond acceptors (Lipinski definition) is 6. The zero-order valence-electron chi connectivity index (χ0n) is 15.8. The summed E-state index contributed by atoms with van der Waals surface area (Å²) in [5.74, 6) is -0.0108. The van der Waals surface area contributed by atoms with Crippen LogP contribution >= 0.6 is 0 Å². The third kappa shape index (κ3) is 6.54. The summed E-state index contributed by atoms with van der Waals surface area (Å²) >= 11 is 0. The SMILES string of the molecule is COC(=O)CCCCCCC(=O)N1CCN(c2ccc([N+](=O)[O-])cc2)CC1. The lowest BCUT2D eigenvalue weighted by Crippen LogP contribution is -2.48. The van der Waals surface area contributed by atoms with Crippen LogP contribution in [0.4, 0.5) is 11.4 Å². The van der Waals surface area contributed by atoms with Crippen molar-refractivity contribution in [1.29, 1.82) is 0 Å². The van der Waals surface area contributed by atoms with E-state index < -0.39 is 4.92 Å². The van der Waals surface area contributed by atoms with Crippen LogP contribution in [0.3, 0.4) is 0 Å². The number of carbonyl (C=O) groups excluding carboxylic acids is 2. The predicted molar refractivity (Wildman–Crippen MR) is 102 cm³/mol. The number of amides is 1. The number of nitrogens with zero attached hydrogens (tertiary/aromatic N) is 3. The number of nitro benzene ring substituents is 1. The Balaban J connectivity index is 1.65. The molecule has 1 fully saturated rings. The van der Waals surface area contributed by atoms with Gasteiger partial charge in [0.05, 0.1) is 12.0 Å². The molecule has 1 aliphatic heterocycles. The molecule has 0 unspecified atom stereocenters. The molecule has 1 saturated heterocycles. The molecular weight excluding hydrogens is 350 g/mol. The Hall–Kier alpha value is -2.64. The number of esters is 1. The topological polar surface area (TPSA) is 93.0 Å². The van der Waals surface area contributed by atoms with E-state index in [1.54, 1.807) is 12.1 Å². The number of piperazine rings is 1. The van der Waals surface area contributed by atoms with Crippen LogP contribution in [0.25, 0.3) is 0 Å².